The second-order valence-electron chi connectivity index (χ2n) is 3.66. The molecule has 0 radical (unpaired) electrons. The van der Waals surface area contributed by atoms with Gasteiger partial charge in [-0.3, -0.25) is 0 Å². The molecular formula is C9H19ClN2O3S. The Balaban J connectivity index is 2.22. The fourth-order valence-electron chi connectivity index (χ4n) is 1.60. The third kappa shape index (κ3) is 4.97. The van der Waals surface area contributed by atoms with Crippen LogP contribution in [0.3, 0.4) is 0 Å². The van der Waals surface area contributed by atoms with Crippen molar-refractivity contribution in [3.05, 3.63) is 0 Å². The molecule has 0 amide bonds. The van der Waals surface area contributed by atoms with Crippen molar-refractivity contribution in [1.29, 1.82) is 0 Å². The van der Waals surface area contributed by atoms with Crippen LogP contribution < -0.4 is 4.72 Å². The van der Waals surface area contributed by atoms with Crippen LogP contribution in [0.25, 0.3) is 0 Å². The molecule has 0 unspecified atom stereocenters. The quantitative estimate of drug-likeness (QED) is 0.543. The van der Waals surface area contributed by atoms with Crippen LogP contribution >= 0.6 is 11.6 Å². The van der Waals surface area contributed by atoms with Crippen LogP contribution in [0.2, 0.25) is 0 Å². The zero-order valence-corrected chi connectivity index (χ0v) is 10.9. The smallest absolute Gasteiger partial charge is 0.279 e. The maximum Gasteiger partial charge on any atom is 0.279 e. The number of halogens is 1. The number of rotatable bonds is 7. The van der Waals surface area contributed by atoms with Crippen molar-refractivity contribution in [2.75, 3.05) is 38.7 Å². The first-order valence-corrected chi connectivity index (χ1v) is 7.53. The van der Waals surface area contributed by atoms with E-state index in [0.717, 1.165) is 19.3 Å². The molecule has 0 aliphatic carbocycles. The highest BCUT2D eigenvalue weighted by molar-refractivity contribution is 7.87. The predicted octanol–water partition coefficient (Wildman–Crippen LogP) is 0.562. The highest BCUT2D eigenvalue weighted by Crippen LogP contribution is 2.11. The summed E-state index contributed by atoms with van der Waals surface area (Å²) in [6, 6.07) is 0. The largest absolute Gasteiger partial charge is 0.379 e. The zero-order valence-electron chi connectivity index (χ0n) is 9.32. The summed E-state index contributed by atoms with van der Waals surface area (Å²) >= 11 is 5.42. The number of nitrogens with zero attached hydrogens (tertiary/aromatic N) is 1. The number of piperidine rings is 1. The van der Waals surface area contributed by atoms with Gasteiger partial charge in [0.05, 0.1) is 13.2 Å². The van der Waals surface area contributed by atoms with Crippen molar-refractivity contribution in [1.82, 2.24) is 9.03 Å². The van der Waals surface area contributed by atoms with Crippen LogP contribution in [-0.4, -0.2) is 51.5 Å². The molecule has 7 heteroatoms. The van der Waals surface area contributed by atoms with Crippen molar-refractivity contribution < 1.29 is 13.2 Å². The van der Waals surface area contributed by atoms with E-state index in [1.165, 1.54) is 4.31 Å². The zero-order chi connectivity index (χ0) is 11.9. The number of nitrogens with one attached hydrogen (secondary N) is 1. The maximum absolute atomic E-state index is 11.8. The van der Waals surface area contributed by atoms with Crippen LogP contribution in [-0.2, 0) is 14.9 Å². The molecule has 1 fully saturated rings. The van der Waals surface area contributed by atoms with Gasteiger partial charge in [-0.25, -0.2) is 0 Å². The van der Waals surface area contributed by atoms with E-state index in [0.29, 0.717) is 38.7 Å². The molecule has 1 saturated heterocycles. The summed E-state index contributed by atoms with van der Waals surface area (Å²) in [5.74, 6) is 0.429. The predicted molar refractivity (Wildman–Crippen MR) is 63.9 cm³/mol. The van der Waals surface area contributed by atoms with E-state index in [1.54, 1.807) is 0 Å². The van der Waals surface area contributed by atoms with Crippen LogP contribution in [0.4, 0.5) is 0 Å². The van der Waals surface area contributed by atoms with Gasteiger partial charge in [0.15, 0.2) is 0 Å². The number of hydrogen-bond acceptors (Lipinski definition) is 3. The molecule has 0 bridgehead atoms. The van der Waals surface area contributed by atoms with Gasteiger partial charge in [-0.2, -0.15) is 17.4 Å². The molecule has 1 aliphatic heterocycles. The summed E-state index contributed by atoms with van der Waals surface area (Å²) < 4.78 is 32.6. The minimum atomic E-state index is -3.30. The lowest BCUT2D eigenvalue weighted by atomic mass is 10.2. The highest BCUT2D eigenvalue weighted by atomic mass is 35.5. The minimum Gasteiger partial charge on any atom is -0.379 e. The van der Waals surface area contributed by atoms with Crippen molar-refractivity contribution in [2.24, 2.45) is 0 Å². The fourth-order valence-corrected chi connectivity index (χ4v) is 2.97. The Morgan fingerprint density at radius 2 is 1.88 bits per heavy atom. The Bertz CT molecular complexity index is 278. The molecule has 1 rings (SSSR count). The molecule has 1 heterocycles. The third-order valence-corrected chi connectivity index (χ3v) is 4.18. The van der Waals surface area contributed by atoms with E-state index < -0.39 is 10.2 Å². The van der Waals surface area contributed by atoms with Gasteiger partial charge in [-0.15, -0.1) is 11.6 Å². The topological polar surface area (TPSA) is 58.6 Å². The van der Waals surface area contributed by atoms with E-state index in [-0.39, 0.29) is 0 Å². The average Bonchev–Trinajstić information content (AvgIpc) is 2.30. The molecule has 5 nitrogen and oxygen atoms in total. The molecule has 1 aliphatic rings. The Hall–Kier alpha value is 0.120. The van der Waals surface area contributed by atoms with Crippen LogP contribution in [0.15, 0.2) is 0 Å². The van der Waals surface area contributed by atoms with Gasteiger partial charge in [0.25, 0.3) is 10.2 Å². The van der Waals surface area contributed by atoms with E-state index in [2.05, 4.69) is 4.72 Å². The van der Waals surface area contributed by atoms with Crippen LogP contribution in [0.1, 0.15) is 19.3 Å². The van der Waals surface area contributed by atoms with Crippen molar-refractivity contribution >= 4 is 21.8 Å². The van der Waals surface area contributed by atoms with Gasteiger partial charge in [-0.1, -0.05) is 6.42 Å². The lowest BCUT2D eigenvalue weighted by Gasteiger charge is -2.25. The van der Waals surface area contributed by atoms with Crippen molar-refractivity contribution in [3.63, 3.8) is 0 Å². The molecule has 16 heavy (non-hydrogen) atoms. The highest BCUT2D eigenvalue weighted by Gasteiger charge is 2.22. The van der Waals surface area contributed by atoms with E-state index in [1.807, 2.05) is 0 Å². The Morgan fingerprint density at radius 3 is 2.50 bits per heavy atom. The summed E-state index contributed by atoms with van der Waals surface area (Å²) in [5.41, 5.74) is 0. The number of hydrogen-bond donors (Lipinski definition) is 1. The number of ether oxygens (including phenoxy) is 1. The van der Waals surface area contributed by atoms with Crippen LogP contribution in [0.5, 0.6) is 0 Å². The minimum absolute atomic E-state index is 0.301. The second-order valence-corrected chi connectivity index (χ2v) is 5.79. The first-order chi connectivity index (χ1) is 7.67. The van der Waals surface area contributed by atoms with Gasteiger partial charge in [0.2, 0.25) is 0 Å². The Morgan fingerprint density at radius 1 is 1.19 bits per heavy atom. The van der Waals surface area contributed by atoms with Gasteiger partial charge in [-0.05, 0) is 12.8 Å². The lowest BCUT2D eigenvalue weighted by molar-refractivity contribution is 0.154. The monoisotopic (exact) mass is 270 g/mol. The van der Waals surface area contributed by atoms with Crippen molar-refractivity contribution in [2.45, 2.75) is 19.3 Å². The standard InChI is InChI=1S/C9H19ClN2O3S/c10-4-8-15-9-5-11-16(13,14)12-6-2-1-3-7-12/h11H,1-9H2. The average molecular weight is 271 g/mol. The summed E-state index contributed by atoms with van der Waals surface area (Å²) in [7, 11) is -3.30. The van der Waals surface area contributed by atoms with Crippen molar-refractivity contribution in [3.8, 4) is 0 Å². The summed E-state index contributed by atoms with van der Waals surface area (Å²) in [6.07, 6.45) is 3.01. The molecule has 0 aromatic rings. The van der Waals surface area contributed by atoms with E-state index in [9.17, 15) is 8.42 Å². The lowest BCUT2D eigenvalue weighted by Crippen LogP contribution is -2.44. The van der Waals surface area contributed by atoms with Gasteiger partial charge < -0.3 is 4.74 Å². The second kappa shape index (κ2) is 7.45. The molecule has 0 spiro atoms. The third-order valence-electron chi connectivity index (χ3n) is 2.41. The molecule has 0 aromatic carbocycles. The van der Waals surface area contributed by atoms with E-state index >= 15 is 0 Å². The molecule has 0 saturated carbocycles. The SMILES string of the molecule is O=S(=O)(NCCOCCCl)N1CCCCC1. The summed E-state index contributed by atoms with van der Waals surface area (Å²) in [6.45, 7) is 2.36. The fraction of sp³-hybridized carbons (Fsp3) is 1.00. The van der Waals surface area contributed by atoms with Gasteiger partial charge in [0.1, 0.15) is 0 Å². The first-order valence-electron chi connectivity index (χ1n) is 5.55. The molecule has 0 atom stereocenters. The maximum atomic E-state index is 11.8. The Labute approximate surface area is 102 Å². The molecule has 96 valence electrons. The first kappa shape index (κ1) is 14.2. The Kier molecular flexibility index (Phi) is 6.60. The van der Waals surface area contributed by atoms with Gasteiger partial charge in [0, 0.05) is 25.5 Å². The summed E-state index contributed by atoms with van der Waals surface area (Å²) in [5, 5.41) is 0. The number of alkyl halides is 1. The summed E-state index contributed by atoms with van der Waals surface area (Å²) in [4.78, 5) is 0. The molecule has 0 aromatic heterocycles. The van der Waals surface area contributed by atoms with Crippen LogP contribution in [0, 0.1) is 0 Å². The molecule has 1 N–H and O–H groups in total. The molecular weight excluding hydrogens is 252 g/mol. The normalized spacial score (nSPS) is 18.8. The van der Waals surface area contributed by atoms with E-state index in [4.69, 9.17) is 16.3 Å². The van der Waals surface area contributed by atoms with Gasteiger partial charge >= 0.3 is 0 Å².